The zero-order valence-corrected chi connectivity index (χ0v) is 11.5. The summed E-state index contributed by atoms with van der Waals surface area (Å²) in [6.07, 6.45) is 5.01. The summed E-state index contributed by atoms with van der Waals surface area (Å²) in [5.41, 5.74) is 0. The molecule has 1 saturated carbocycles. The number of nitrogens with zero attached hydrogens (tertiary/aromatic N) is 1. The molecule has 1 aromatic heterocycles. The van der Waals surface area contributed by atoms with Crippen molar-refractivity contribution >= 4 is 15.8 Å². The van der Waals surface area contributed by atoms with Crippen molar-refractivity contribution < 1.29 is 8.42 Å². The standard InChI is InChI=1S/C12H19N3O2S/c1-3-4-9-7-11(9)15-12-6-5-10(8-14-12)18(16,17)13-2/h5-6,8-9,11,13H,3-4,7H2,1-2H3,(H,14,15). The van der Waals surface area contributed by atoms with Crippen molar-refractivity contribution in [2.45, 2.75) is 37.1 Å². The number of hydrogen-bond donors (Lipinski definition) is 2. The number of nitrogens with one attached hydrogen (secondary N) is 2. The van der Waals surface area contributed by atoms with Crippen LogP contribution in [0.3, 0.4) is 0 Å². The summed E-state index contributed by atoms with van der Waals surface area (Å²) in [4.78, 5) is 4.33. The van der Waals surface area contributed by atoms with Crippen LogP contribution in [0.4, 0.5) is 5.82 Å². The van der Waals surface area contributed by atoms with Crippen molar-refractivity contribution in [1.29, 1.82) is 0 Å². The molecule has 5 nitrogen and oxygen atoms in total. The first-order valence-corrected chi connectivity index (χ1v) is 7.71. The molecule has 1 heterocycles. The summed E-state index contributed by atoms with van der Waals surface area (Å²) in [5, 5.41) is 3.32. The van der Waals surface area contributed by atoms with E-state index in [2.05, 4.69) is 21.9 Å². The lowest BCUT2D eigenvalue weighted by atomic mass is 10.2. The molecule has 0 amide bonds. The second-order valence-corrected chi connectivity index (χ2v) is 6.51. The quantitative estimate of drug-likeness (QED) is 0.822. The Morgan fingerprint density at radius 1 is 1.44 bits per heavy atom. The third kappa shape index (κ3) is 3.00. The van der Waals surface area contributed by atoms with E-state index in [1.165, 1.54) is 32.5 Å². The van der Waals surface area contributed by atoms with Gasteiger partial charge in [0.05, 0.1) is 0 Å². The molecule has 0 spiro atoms. The van der Waals surface area contributed by atoms with Crippen LogP contribution in [0.5, 0.6) is 0 Å². The van der Waals surface area contributed by atoms with Crippen molar-refractivity contribution in [2.24, 2.45) is 5.92 Å². The first-order valence-electron chi connectivity index (χ1n) is 6.23. The van der Waals surface area contributed by atoms with Gasteiger partial charge in [-0.25, -0.2) is 18.1 Å². The third-order valence-electron chi connectivity index (χ3n) is 3.23. The van der Waals surface area contributed by atoms with Gasteiger partial charge in [-0.15, -0.1) is 0 Å². The van der Waals surface area contributed by atoms with Crippen molar-refractivity contribution in [3.05, 3.63) is 18.3 Å². The van der Waals surface area contributed by atoms with Crippen molar-refractivity contribution in [3.8, 4) is 0 Å². The fraction of sp³-hybridized carbons (Fsp3) is 0.583. The molecule has 0 bridgehead atoms. The van der Waals surface area contributed by atoms with E-state index >= 15 is 0 Å². The normalized spacial score (nSPS) is 22.8. The molecular formula is C12H19N3O2S. The van der Waals surface area contributed by atoms with E-state index in [1.807, 2.05) is 0 Å². The second kappa shape index (κ2) is 5.24. The third-order valence-corrected chi connectivity index (χ3v) is 4.63. The Balaban J connectivity index is 1.97. The van der Waals surface area contributed by atoms with Crippen LogP contribution in [0.2, 0.25) is 0 Å². The van der Waals surface area contributed by atoms with E-state index < -0.39 is 10.0 Å². The molecule has 1 aliphatic carbocycles. The van der Waals surface area contributed by atoms with Crippen molar-refractivity contribution in [1.82, 2.24) is 9.71 Å². The molecule has 2 atom stereocenters. The molecule has 6 heteroatoms. The Kier molecular flexibility index (Phi) is 3.87. The molecule has 0 aliphatic heterocycles. The number of pyridine rings is 1. The Bertz CT molecular complexity index is 499. The summed E-state index contributed by atoms with van der Waals surface area (Å²) in [5.74, 6) is 1.49. The highest BCUT2D eigenvalue weighted by Gasteiger charge is 2.36. The predicted molar refractivity (Wildman–Crippen MR) is 70.9 cm³/mol. The minimum atomic E-state index is -3.39. The van der Waals surface area contributed by atoms with Gasteiger partial charge >= 0.3 is 0 Å². The maximum Gasteiger partial charge on any atom is 0.241 e. The van der Waals surface area contributed by atoms with Gasteiger partial charge in [-0.2, -0.15) is 0 Å². The van der Waals surface area contributed by atoms with Crippen molar-refractivity contribution in [3.63, 3.8) is 0 Å². The smallest absolute Gasteiger partial charge is 0.241 e. The minimum Gasteiger partial charge on any atom is -0.367 e. The van der Waals surface area contributed by atoms with Crippen LogP contribution < -0.4 is 10.0 Å². The van der Waals surface area contributed by atoms with E-state index in [0.29, 0.717) is 6.04 Å². The molecule has 1 aromatic rings. The number of rotatable bonds is 6. The lowest BCUT2D eigenvalue weighted by molar-refractivity contribution is 0.588. The van der Waals surface area contributed by atoms with E-state index in [9.17, 15) is 8.42 Å². The Morgan fingerprint density at radius 2 is 2.22 bits per heavy atom. The zero-order chi connectivity index (χ0) is 13.2. The van der Waals surface area contributed by atoms with Crippen LogP contribution in [-0.2, 0) is 10.0 Å². The van der Waals surface area contributed by atoms with Gasteiger partial charge in [0.2, 0.25) is 10.0 Å². The van der Waals surface area contributed by atoms with Gasteiger partial charge in [0.25, 0.3) is 0 Å². The molecular weight excluding hydrogens is 250 g/mol. The Labute approximate surface area is 108 Å². The van der Waals surface area contributed by atoms with E-state index in [-0.39, 0.29) is 4.90 Å². The SMILES string of the molecule is CCCC1CC1Nc1ccc(S(=O)(=O)NC)cn1. The second-order valence-electron chi connectivity index (χ2n) is 4.62. The molecule has 0 radical (unpaired) electrons. The summed E-state index contributed by atoms with van der Waals surface area (Å²) in [6.45, 7) is 2.19. The molecule has 0 aromatic carbocycles. The number of aromatic nitrogens is 1. The van der Waals surface area contributed by atoms with Gasteiger partial charge in [0.1, 0.15) is 10.7 Å². The largest absolute Gasteiger partial charge is 0.367 e. The molecule has 100 valence electrons. The maximum atomic E-state index is 11.5. The number of sulfonamides is 1. The fourth-order valence-electron chi connectivity index (χ4n) is 2.05. The first-order chi connectivity index (χ1) is 8.56. The molecule has 18 heavy (non-hydrogen) atoms. The van der Waals surface area contributed by atoms with E-state index in [0.717, 1.165) is 11.7 Å². The van der Waals surface area contributed by atoms with E-state index in [1.54, 1.807) is 12.1 Å². The molecule has 0 saturated heterocycles. The summed E-state index contributed by atoms with van der Waals surface area (Å²) in [6, 6.07) is 3.79. The fourth-order valence-corrected chi connectivity index (χ4v) is 2.72. The number of anilines is 1. The van der Waals surface area contributed by atoms with Crippen LogP contribution in [0.1, 0.15) is 26.2 Å². The van der Waals surface area contributed by atoms with Gasteiger partial charge in [-0.1, -0.05) is 13.3 Å². The van der Waals surface area contributed by atoms with Crippen LogP contribution in [0, 0.1) is 5.92 Å². The average Bonchev–Trinajstić information content (AvgIpc) is 3.08. The highest BCUT2D eigenvalue weighted by molar-refractivity contribution is 7.89. The number of hydrogen-bond acceptors (Lipinski definition) is 4. The molecule has 1 aliphatic rings. The molecule has 1 fully saturated rings. The lowest BCUT2D eigenvalue weighted by Crippen LogP contribution is -2.18. The highest BCUT2D eigenvalue weighted by atomic mass is 32.2. The van der Waals surface area contributed by atoms with Crippen LogP contribution in [0.25, 0.3) is 0 Å². The van der Waals surface area contributed by atoms with Gasteiger partial charge in [0, 0.05) is 12.2 Å². The molecule has 2 N–H and O–H groups in total. The van der Waals surface area contributed by atoms with Gasteiger partial charge in [-0.05, 0) is 37.9 Å². The van der Waals surface area contributed by atoms with Crippen LogP contribution in [0.15, 0.2) is 23.2 Å². The topological polar surface area (TPSA) is 71.1 Å². The highest BCUT2D eigenvalue weighted by Crippen LogP contribution is 2.36. The van der Waals surface area contributed by atoms with Crippen LogP contribution >= 0.6 is 0 Å². The Morgan fingerprint density at radius 3 is 2.78 bits per heavy atom. The van der Waals surface area contributed by atoms with Gasteiger partial charge in [-0.3, -0.25) is 0 Å². The van der Waals surface area contributed by atoms with Crippen LogP contribution in [-0.4, -0.2) is 26.5 Å². The predicted octanol–water partition coefficient (Wildman–Crippen LogP) is 1.59. The average molecular weight is 269 g/mol. The summed E-state index contributed by atoms with van der Waals surface area (Å²) >= 11 is 0. The summed E-state index contributed by atoms with van der Waals surface area (Å²) < 4.78 is 25.3. The zero-order valence-electron chi connectivity index (χ0n) is 10.7. The Hall–Kier alpha value is -1.14. The van der Waals surface area contributed by atoms with Gasteiger partial charge in [0.15, 0.2) is 0 Å². The van der Waals surface area contributed by atoms with Crippen molar-refractivity contribution in [2.75, 3.05) is 12.4 Å². The summed E-state index contributed by atoms with van der Waals surface area (Å²) in [7, 11) is -2.00. The monoisotopic (exact) mass is 269 g/mol. The first kappa shape index (κ1) is 13.3. The molecule has 2 unspecified atom stereocenters. The van der Waals surface area contributed by atoms with E-state index in [4.69, 9.17) is 0 Å². The van der Waals surface area contributed by atoms with Gasteiger partial charge < -0.3 is 5.32 Å². The lowest BCUT2D eigenvalue weighted by Gasteiger charge is -2.06. The molecule has 2 rings (SSSR count). The maximum absolute atomic E-state index is 11.5. The minimum absolute atomic E-state index is 0.191.